The molecule has 0 aliphatic carbocycles. The van der Waals surface area contributed by atoms with Crippen LogP contribution in [0.15, 0.2) is 59.2 Å². The molecule has 3 rings (SSSR count). The van der Waals surface area contributed by atoms with Gasteiger partial charge in [-0.3, -0.25) is 9.83 Å². The van der Waals surface area contributed by atoms with Crippen LogP contribution >= 0.6 is 12.0 Å². The average molecular weight is 513 g/mol. The number of hydrazone groups is 1. The van der Waals surface area contributed by atoms with Gasteiger partial charge in [0.15, 0.2) is 5.71 Å². The number of carboxylic acid groups (broad SMARTS) is 2. The third-order valence-corrected chi connectivity index (χ3v) is 4.63. The van der Waals surface area contributed by atoms with Crippen LogP contribution in [0.3, 0.4) is 0 Å². The Balaban J connectivity index is 0.00000306. The van der Waals surface area contributed by atoms with E-state index >= 15 is 0 Å². The Labute approximate surface area is 248 Å². The molecule has 1 aliphatic heterocycles. The molecule has 0 saturated heterocycles. The maximum absolute atomic E-state index is 12.9. The topological polar surface area (TPSA) is 155 Å². The van der Waals surface area contributed by atoms with Crippen molar-refractivity contribution in [3.8, 4) is 11.3 Å². The first-order valence-corrected chi connectivity index (χ1v) is 9.72. The first-order chi connectivity index (χ1) is 15.8. The number of nitrogens with zero attached hydrogens (tertiary/aromatic N) is 3. The van der Waals surface area contributed by atoms with E-state index in [0.717, 1.165) is 5.01 Å². The molecule has 0 saturated carbocycles. The van der Waals surface area contributed by atoms with Gasteiger partial charge in [-0.1, -0.05) is 24.3 Å². The molecule has 2 aromatic carbocycles. The minimum atomic E-state index is -1.39. The van der Waals surface area contributed by atoms with E-state index in [1.165, 1.54) is 30.3 Å². The van der Waals surface area contributed by atoms with Crippen LogP contribution in [0.1, 0.15) is 15.9 Å². The Morgan fingerprint density at radius 1 is 1.14 bits per heavy atom. The Morgan fingerprint density at radius 2 is 1.77 bits per heavy atom. The number of hydrogen-bond donors (Lipinski definition) is 1. The van der Waals surface area contributed by atoms with Crippen molar-refractivity contribution in [2.45, 2.75) is 0 Å². The van der Waals surface area contributed by atoms with Gasteiger partial charge in [-0.2, -0.15) is 14.4 Å². The predicted octanol–water partition coefficient (Wildman–Crippen LogP) is -5.84. The minimum Gasteiger partial charge on any atom is -0.691 e. The molecule has 0 unspecified atom stereocenters. The van der Waals surface area contributed by atoms with Gasteiger partial charge in [0.05, 0.1) is 17.2 Å². The molecule has 0 aromatic heterocycles. The van der Waals surface area contributed by atoms with Crippen molar-refractivity contribution in [1.29, 1.82) is 0 Å². The molecule has 1 heterocycles. The van der Waals surface area contributed by atoms with Crippen molar-refractivity contribution in [3.63, 3.8) is 0 Å². The third-order valence-electron chi connectivity index (χ3n) is 4.34. The van der Waals surface area contributed by atoms with Gasteiger partial charge in [0, 0.05) is 24.0 Å². The minimum absolute atomic E-state index is 0. The van der Waals surface area contributed by atoms with Crippen LogP contribution in [0.5, 0.6) is 0 Å². The van der Waals surface area contributed by atoms with Crippen molar-refractivity contribution in [2.24, 2.45) is 5.10 Å². The Bertz CT molecular complexity index is 1210. The molecule has 2 aromatic rings. The maximum Gasteiger partial charge on any atom is 1.00 e. The summed E-state index contributed by atoms with van der Waals surface area (Å²) < 4.78 is 4.04. The van der Waals surface area contributed by atoms with E-state index in [9.17, 15) is 29.9 Å². The number of aromatic carboxylic acids is 1. The summed E-state index contributed by atoms with van der Waals surface area (Å²) in [6, 6.07) is 14.5. The zero-order chi connectivity index (χ0) is 24.0. The molecule has 1 N–H and O–H groups in total. The molecule has 14 heteroatoms. The number of carbonyl (C=O) groups excluding carboxylic acids is 2. The number of rotatable bonds is 7. The normalized spacial score (nSPS) is 13.2. The maximum atomic E-state index is 12.9. The van der Waals surface area contributed by atoms with Crippen LogP contribution in [0.4, 0.5) is 11.4 Å². The quantitative estimate of drug-likeness (QED) is 0.0553. The second-order valence-electron chi connectivity index (χ2n) is 6.35. The van der Waals surface area contributed by atoms with Crippen molar-refractivity contribution >= 4 is 53.1 Å². The number of hydrogen-bond acceptors (Lipinski definition) is 10. The second-order valence-corrected chi connectivity index (χ2v) is 6.85. The van der Waals surface area contributed by atoms with Crippen LogP contribution < -0.4 is 79.4 Å². The van der Waals surface area contributed by atoms with Gasteiger partial charge in [-0.05, 0) is 41.5 Å². The fraction of sp³-hybridized carbons (Fsp3) is 0.0476. The Morgan fingerprint density at radius 3 is 2.31 bits per heavy atom. The summed E-state index contributed by atoms with van der Waals surface area (Å²) in [7, 11) is 1.67. The number of carboxylic acids is 2. The predicted molar refractivity (Wildman–Crippen MR) is 114 cm³/mol. The first kappa shape index (κ1) is 30.9. The molecule has 35 heavy (non-hydrogen) atoms. The van der Waals surface area contributed by atoms with Gasteiger partial charge < -0.3 is 25.2 Å². The van der Waals surface area contributed by atoms with Crippen molar-refractivity contribution in [1.82, 2.24) is 0 Å². The van der Waals surface area contributed by atoms with Gasteiger partial charge in [0.2, 0.25) is 0 Å². The van der Waals surface area contributed by atoms with Crippen molar-refractivity contribution < 1.29 is 98.3 Å². The summed E-state index contributed by atoms with van der Waals surface area (Å²) in [5.41, 5.74) is 0.721. The van der Waals surface area contributed by atoms with Crippen LogP contribution in [-0.4, -0.2) is 35.7 Å². The third kappa shape index (κ3) is 7.92. The standard InChI is InChI=1S/C21H15N3O8S.2Na/c1-23(10-11-33-32-31-30)15-6-2-13(3-7-15)12-17-18(21(28)29)22-24(19(17)25)16-8-4-14(5-9-16)20(26)27;;/h2-9,12,30H,1H3,(H,26,27)(H,28,29);;/q;2*+1/p-2. The van der Waals surface area contributed by atoms with Crippen LogP contribution in [-0.2, 0) is 19.0 Å². The van der Waals surface area contributed by atoms with Gasteiger partial charge in [-0.25, -0.2) is 4.79 Å². The molecule has 168 valence electrons. The van der Waals surface area contributed by atoms with E-state index in [2.05, 4.69) is 25.8 Å². The molecular formula is C21H13N3Na2O8S. The molecule has 1 aliphatic rings. The SMILES string of the molecule is CN(C#CSOO[O-])c1ccc(C=C2C(=O)N(c3ccc(C(=O)[O-])cc3)N=C2C(=O)O)cc1.[Na+].[Na+]. The number of aliphatic carboxylic acids is 1. The largest absolute Gasteiger partial charge is 1.00 e. The number of anilines is 2. The molecule has 0 fully saturated rings. The fourth-order valence-corrected chi connectivity index (χ4v) is 3.00. The number of benzene rings is 2. The van der Waals surface area contributed by atoms with E-state index in [0.29, 0.717) is 23.3 Å². The van der Waals surface area contributed by atoms with E-state index < -0.39 is 23.6 Å². The smallest absolute Gasteiger partial charge is 0.691 e. The van der Waals surface area contributed by atoms with Gasteiger partial charge in [0.25, 0.3) is 5.91 Å². The molecular weight excluding hydrogens is 500 g/mol. The van der Waals surface area contributed by atoms with Crippen molar-refractivity contribution in [2.75, 3.05) is 17.0 Å². The van der Waals surface area contributed by atoms with Crippen molar-refractivity contribution in [3.05, 3.63) is 65.2 Å². The average Bonchev–Trinajstić information content (AvgIpc) is 3.13. The molecule has 0 radical (unpaired) electrons. The number of carbonyl (C=O) groups is 3. The molecule has 1 amide bonds. The summed E-state index contributed by atoms with van der Waals surface area (Å²) in [5.74, 6) is -3.46. The first-order valence-electron chi connectivity index (χ1n) is 8.98. The summed E-state index contributed by atoms with van der Waals surface area (Å²) in [5, 5.41) is 40.5. The van der Waals surface area contributed by atoms with E-state index in [1.807, 2.05) is 0 Å². The van der Waals surface area contributed by atoms with Crippen LogP contribution in [0, 0.1) is 11.3 Å². The second kappa shape index (κ2) is 14.4. The summed E-state index contributed by atoms with van der Waals surface area (Å²) in [6.45, 7) is 0. The van der Waals surface area contributed by atoms with Gasteiger partial charge in [0.1, 0.15) is 12.0 Å². The zero-order valence-corrected chi connectivity index (χ0v) is 23.6. The summed E-state index contributed by atoms with van der Waals surface area (Å²) in [6.07, 6.45) is 1.38. The van der Waals surface area contributed by atoms with E-state index in [4.69, 9.17) is 0 Å². The molecule has 11 nitrogen and oxygen atoms in total. The van der Waals surface area contributed by atoms with Crippen LogP contribution in [0.2, 0.25) is 0 Å². The van der Waals surface area contributed by atoms with E-state index in [1.54, 1.807) is 36.2 Å². The molecule has 0 atom stereocenters. The zero-order valence-electron chi connectivity index (χ0n) is 18.8. The summed E-state index contributed by atoms with van der Waals surface area (Å²) in [4.78, 5) is 37.0. The van der Waals surface area contributed by atoms with E-state index in [-0.39, 0.29) is 75.9 Å². The summed E-state index contributed by atoms with van der Waals surface area (Å²) >= 11 is 0.514. The Hall–Kier alpha value is -2.15. The Kier molecular flexibility index (Phi) is 12.7. The fourth-order valence-electron chi connectivity index (χ4n) is 2.76. The van der Waals surface area contributed by atoms with Gasteiger partial charge >= 0.3 is 65.1 Å². The van der Waals surface area contributed by atoms with Crippen LogP contribution in [0.25, 0.3) is 6.08 Å². The number of amides is 1. The monoisotopic (exact) mass is 513 g/mol. The molecule has 0 spiro atoms. The molecule has 0 bridgehead atoms. The van der Waals surface area contributed by atoms with Gasteiger partial charge in [-0.15, -0.1) is 0 Å².